The zero-order valence-corrected chi connectivity index (χ0v) is 12.5. The molecular formula is C15H19N5O. The SMILES string of the molecule is CCN(Cc1cccc(C)n1)C(=O)c1ccc(NC)nn1. The van der Waals surface area contributed by atoms with E-state index in [1.807, 2.05) is 32.0 Å². The number of amides is 1. The Morgan fingerprint density at radius 2 is 2.05 bits per heavy atom. The van der Waals surface area contributed by atoms with Crippen LogP contribution in [0.2, 0.25) is 0 Å². The van der Waals surface area contributed by atoms with Gasteiger partial charge in [-0.3, -0.25) is 9.78 Å². The molecule has 6 heteroatoms. The highest BCUT2D eigenvalue weighted by Gasteiger charge is 2.17. The molecule has 0 unspecified atom stereocenters. The van der Waals surface area contributed by atoms with Gasteiger partial charge >= 0.3 is 0 Å². The fourth-order valence-corrected chi connectivity index (χ4v) is 1.95. The first-order chi connectivity index (χ1) is 10.1. The lowest BCUT2D eigenvalue weighted by molar-refractivity contribution is 0.0743. The highest BCUT2D eigenvalue weighted by atomic mass is 16.2. The first-order valence-corrected chi connectivity index (χ1v) is 6.87. The number of rotatable bonds is 5. The zero-order chi connectivity index (χ0) is 15.2. The number of nitrogens with zero attached hydrogens (tertiary/aromatic N) is 4. The standard InChI is InChI=1S/C15H19N5O/c1-4-20(10-12-7-5-6-11(2)17-12)15(21)13-8-9-14(16-3)19-18-13/h5-9H,4,10H2,1-3H3,(H,16,19). The van der Waals surface area contributed by atoms with Crippen LogP contribution >= 0.6 is 0 Å². The number of aromatic nitrogens is 3. The quantitative estimate of drug-likeness (QED) is 0.908. The van der Waals surface area contributed by atoms with Crippen molar-refractivity contribution in [3.05, 3.63) is 47.4 Å². The van der Waals surface area contributed by atoms with Gasteiger partial charge in [0.15, 0.2) is 5.69 Å². The van der Waals surface area contributed by atoms with Crippen LogP contribution in [-0.4, -0.2) is 39.6 Å². The first kappa shape index (κ1) is 14.9. The third-order valence-corrected chi connectivity index (χ3v) is 3.11. The molecule has 0 aromatic carbocycles. The van der Waals surface area contributed by atoms with Crippen molar-refractivity contribution in [3.63, 3.8) is 0 Å². The summed E-state index contributed by atoms with van der Waals surface area (Å²) in [6.45, 7) is 4.92. The molecule has 2 rings (SSSR count). The number of pyridine rings is 1. The number of anilines is 1. The van der Waals surface area contributed by atoms with Gasteiger partial charge in [0.05, 0.1) is 12.2 Å². The van der Waals surface area contributed by atoms with E-state index in [4.69, 9.17) is 0 Å². The lowest BCUT2D eigenvalue weighted by Gasteiger charge is -2.20. The summed E-state index contributed by atoms with van der Waals surface area (Å²) >= 11 is 0. The van der Waals surface area contributed by atoms with Crippen LogP contribution in [0.1, 0.15) is 28.8 Å². The van der Waals surface area contributed by atoms with Crippen LogP contribution in [0.3, 0.4) is 0 Å². The molecule has 2 aromatic heterocycles. The van der Waals surface area contributed by atoms with E-state index < -0.39 is 0 Å². The summed E-state index contributed by atoms with van der Waals surface area (Å²) in [6, 6.07) is 9.20. The molecule has 1 N–H and O–H groups in total. The van der Waals surface area contributed by atoms with Crippen LogP contribution in [0.4, 0.5) is 5.82 Å². The molecule has 0 saturated heterocycles. The smallest absolute Gasteiger partial charge is 0.274 e. The largest absolute Gasteiger partial charge is 0.372 e. The van der Waals surface area contributed by atoms with Crippen molar-refractivity contribution in [3.8, 4) is 0 Å². The summed E-state index contributed by atoms with van der Waals surface area (Å²) in [4.78, 5) is 18.6. The van der Waals surface area contributed by atoms with Gasteiger partial charge < -0.3 is 10.2 Å². The molecule has 1 amide bonds. The fraction of sp³-hybridized carbons (Fsp3) is 0.333. The molecule has 0 saturated carbocycles. The second kappa shape index (κ2) is 6.78. The van der Waals surface area contributed by atoms with Crippen molar-refractivity contribution in [2.75, 3.05) is 18.9 Å². The number of nitrogens with one attached hydrogen (secondary N) is 1. The summed E-state index contributed by atoms with van der Waals surface area (Å²) in [6.07, 6.45) is 0. The Labute approximate surface area is 124 Å². The molecule has 110 valence electrons. The Morgan fingerprint density at radius 3 is 2.62 bits per heavy atom. The monoisotopic (exact) mass is 285 g/mol. The van der Waals surface area contributed by atoms with Crippen molar-refractivity contribution in [2.24, 2.45) is 0 Å². The van der Waals surface area contributed by atoms with E-state index in [9.17, 15) is 4.79 Å². The number of carbonyl (C=O) groups excluding carboxylic acids is 1. The van der Waals surface area contributed by atoms with Crippen molar-refractivity contribution in [1.82, 2.24) is 20.1 Å². The van der Waals surface area contributed by atoms with E-state index in [0.29, 0.717) is 24.6 Å². The fourth-order valence-electron chi connectivity index (χ4n) is 1.95. The Morgan fingerprint density at radius 1 is 1.24 bits per heavy atom. The Balaban J connectivity index is 2.14. The van der Waals surface area contributed by atoms with E-state index in [1.165, 1.54) is 0 Å². The highest BCUT2D eigenvalue weighted by Crippen LogP contribution is 2.08. The third-order valence-electron chi connectivity index (χ3n) is 3.11. The molecule has 2 aromatic rings. The summed E-state index contributed by atoms with van der Waals surface area (Å²) in [5.41, 5.74) is 2.14. The van der Waals surface area contributed by atoms with Crippen LogP contribution in [0.15, 0.2) is 30.3 Å². The molecule has 0 aliphatic rings. The Hall–Kier alpha value is -2.50. The van der Waals surface area contributed by atoms with Gasteiger partial charge in [-0.2, -0.15) is 0 Å². The summed E-state index contributed by atoms with van der Waals surface area (Å²) < 4.78 is 0. The third kappa shape index (κ3) is 3.75. The van der Waals surface area contributed by atoms with Gasteiger partial charge in [0.25, 0.3) is 5.91 Å². The molecule has 0 spiro atoms. The normalized spacial score (nSPS) is 10.2. The Kier molecular flexibility index (Phi) is 4.81. The average Bonchev–Trinajstić information content (AvgIpc) is 2.52. The van der Waals surface area contributed by atoms with Gasteiger partial charge in [0, 0.05) is 19.3 Å². The maximum absolute atomic E-state index is 12.4. The minimum atomic E-state index is -0.143. The zero-order valence-electron chi connectivity index (χ0n) is 12.5. The van der Waals surface area contributed by atoms with Crippen molar-refractivity contribution in [1.29, 1.82) is 0 Å². The average molecular weight is 285 g/mol. The number of hydrogen-bond donors (Lipinski definition) is 1. The van der Waals surface area contributed by atoms with E-state index >= 15 is 0 Å². The van der Waals surface area contributed by atoms with Crippen molar-refractivity contribution in [2.45, 2.75) is 20.4 Å². The van der Waals surface area contributed by atoms with Gasteiger partial charge in [-0.05, 0) is 38.1 Å². The van der Waals surface area contributed by atoms with Crippen LogP contribution in [0, 0.1) is 6.92 Å². The van der Waals surface area contributed by atoms with Crippen LogP contribution in [0.25, 0.3) is 0 Å². The molecule has 0 fully saturated rings. The predicted octanol–water partition coefficient (Wildman–Crippen LogP) is 1.88. The van der Waals surface area contributed by atoms with Gasteiger partial charge in [0.1, 0.15) is 5.82 Å². The molecule has 0 radical (unpaired) electrons. The van der Waals surface area contributed by atoms with E-state index in [1.54, 1.807) is 24.1 Å². The molecule has 6 nitrogen and oxygen atoms in total. The molecule has 0 aliphatic heterocycles. The van der Waals surface area contributed by atoms with Crippen molar-refractivity contribution >= 4 is 11.7 Å². The summed E-state index contributed by atoms with van der Waals surface area (Å²) in [5, 5.41) is 10.8. The number of aryl methyl sites for hydroxylation is 1. The van der Waals surface area contributed by atoms with Crippen LogP contribution in [-0.2, 0) is 6.54 Å². The lowest BCUT2D eigenvalue weighted by atomic mass is 10.2. The lowest BCUT2D eigenvalue weighted by Crippen LogP contribution is -2.31. The molecule has 0 aliphatic carbocycles. The van der Waals surface area contributed by atoms with E-state index in [2.05, 4.69) is 20.5 Å². The number of carbonyl (C=O) groups is 1. The Bertz CT molecular complexity index is 612. The predicted molar refractivity (Wildman–Crippen MR) is 81.0 cm³/mol. The summed E-state index contributed by atoms with van der Waals surface area (Å²) in [5.74, 6) is 0.492. The minimum absolute atomic E-state index is 0.143. The topological polar surface area (TPSA) is 71.0 Å². The van der Waals surface area contributed by atoms with Crippen LogP contribution in [0.5, 0.6) is 0 Å². The maximum atomic E-state index is 12.4. The van der Waals surface area contributed by atoms with Gasteiger partial charge in [-0.25, -0.2) is 0 Å². The maximum Gasteiger partial charge on any atom is 0.274 e. The van der Waals surface area contributed by atoms with Crippen LogP contribution < -0.4 is 5.32 Å². The summed E-state index contributed by atoms with van der Waals surface area (Å²) in [7, 11) is 1.76. The number of hydrogen-bond acceptors (Lipinski definition) is 5. The van der Waals surface area contributed by atoms with Gasteiger partial charge in [-0.15, -0.1) is 10.2 Å². The second-order valence-electron chi connectivity index (χ2n) is 4.64. The van der Waals surface area contributed by atoms with Gasteiger partial charge in [-0.1, -0.05) is 6.07 Å². The van der Waals surface area contributed by atoms with Gasteiger partial charge in [0.2, 0.25) is 0 Å². The minimum Gasteiger partial charge on any atom is -0.372 e. The molecule has 0 bridgehead atoms. The van der Waals surface area contributed by atoms with Crippen molar-refractivity contribution < 1.29 is 4.79 Å². The second-order valence-corrected chi connectivity index (χ2v) is 4.64. The first-order valence-electron chi connectivity index (χ1n) is 6.87. The molecule has 0 atom stereocenters. The molecular weight excluding hydrogens is 266 g/mol. The van der Waals surface area contributed by atoms with E-state index in [-0.39, 0.29) is 5.91 Å². The molecule has 21 heavy (non-hydrogen) atoms. The molecule has 2 heterocycles. The highest BCUT2D eigenvalue weighted by molar-refractivity contribution is 5.92. The van der Waals surface area contributed by atoms with E-state index in [0.717, 1.165) is 11.4 Å².